The van der Waals surface area contributed by atoms with Crippen molar-refractivity contribution in [3.63, 3.8) is 0 Å². The highest BCUT2D eigenvalue weighted by atomic mass is 35.5. The van der Waals surface area contributed by atoms with Crippen molar-refractivity contribution >= 4 is 23.1 Å². The molecule has 3 rings (SSSR count). The van der Waals surface area contributed by atoms with Crippen molar-refractivity contribution in [3.8, 4) is 0 Å². The van der Waals surface area contributed by atoms with Gasteiger partial charge in [0, 0.05) is 36.7 Å². The first-order chi connectivity index (χ1) is 8.33. The topological polar surface area (TPSA) is 41.1 Å². The predicted molar refractivity (Wildman–Crippen MR) is 69.4 cm³/mol. The van der Waals surface area contributed by atoms with Crippen LogP contribution in [0.4, 0.5) is 0 Å². The zero-order valence-corrected chi connectivity index (χ0v) is 11.3. The quantitative estimate of drug-likeness (QED) is 0.889. The molecule has 94 valence electrons. The van der Waals surface area contributed by atoms with Crippen LogP contribution in [0.3, 0.4) is 0 Å². The van der Waals surface area contributed by atoms with Crippen molar-refractivity contribution in [2.45, 2.75) is 44.3 Å². The second-order valence-corrected chi connectivity index (χ2v) is 6.30. The lowest BCUT2D eigenvalue weighted by Crippen LogP contribution is -2.38. The third-order valence-electron chi connectivity index (χ3n) is 3.54. The number of nitrogens with one attached hydrogen (secondary N) is 1. The van der Waals surface area contributed by atoms with Crippen molar-refractivity contribution in [1.29, 1.82) is 0 Å². The third-order valence-corrected chi connectivity index (χ3v) is 4.53. The molecule has 1 aromatic heterocycles. The molecule has 1 saturated carbocycles. The molecule has 0 bridgehead atoms. The van der Waals surface area contributed by atoms with Gasteiger partial charge in [0.2, 0.25) is 0 Å². The summed E-state index contributed by atoms with van der Waals surface area (Å²) in [7, 11) is 0. The van der Waals surface area contributed by atoms with Gasteiger partial charge in [-0.2, -0.15) is 0 Å². The summed E-state index contributed by atoms with van der Waals surface area (Å²) in [4.78, 5) is 2.52. The molecule has 2 aliphatic rings. The van der Waals surface area contributed by atoms with E-state index in [9.17, 15) is 0 Å². The Morgan fingerprint density at radius 3 is 2.88 bits per heavy atom. The molecular weight excluding hydrogens is 256 g/mol. The molecule has 0 radical (unpaired) electrons. The highest BCUT2D eigenvalue weighted by Gasteiger charge is 2.32. The van der Waals surface area contributed by atoms with Crippen LogP contribution >= 0.6 is 23.1 Å². The van der Waals surface area contributed by atoms with Gasteiger partial charge in [0.05, 0.1) is 0 Å². The summed E-state index contributed by atoms with van der Waals surface area (Å²) in [6.45, 7) is 3.15. The summed E-state index contributed by atoms with van der Waals surface area (Å²) in [5.74, 6) is 0. The van der Waals surface area contributed by atoms with Crippen LogP contribution in [0.2, 0.25) is 4.34 Å². The summed E-state index contributed by atoms with van der Waals surface area (Å²) in [5.41, 5.74) is 0.946. The zero-order valence-electron chi connectivity index (χ0n) is 9.73. The van der Waals surface area contributed by atoms with Crippen LogP contribution in [0.25, 0.3) is 0 Å². The van der Waals surface area contributed by atoms with E-state index >= 15 is 0 Å². The van der Waals surface area contributed by atoms with E-state index in [-0.39, 0.29) is 0 Å². The zero-order chi connectivity index (χ0) is 11.7. The molecule has 0 amide bonds. The minimum atomic E-state index is 0.654. The van der Waals surface area contributed by atoms with Gasteiger partial charge in [0.25, 0.3) is 0 Å². The number of rotatable bonds is 5. The SMILES string of the molecule is Clc1snnc1CN(CC1CCCN1)C1CC1. The fourth-order valence-electron chi connectivity index (χ4n) is 2.46. The van der Waals surface area contributed by atoms with Gasteiger partial charge in [0.15, 0.2) is 0 Å². The van der Waals surface area contributed by atoms with Gasteiger partial charge in [-0.1, -0.05) is 16.1 Å². The van der Waals surface area contributed by atoms with Crippen LogP contribution in [-0.2, 0) is 6.54 Å². The highest BCUT2D eigenvalue weighted by molar-refractivity contribution is 7.10. The molecule has 1 atom stereocenters. The van der Waals surface area contributed by atoms with Gasteiger partial charge < -0.3 is 5.32 Å². The number of nitrogens with zero attached hydrogens (tertiary/aromatic N) is 3. The summed E-state index contributed by atoms with van der Waals surface area (Å²) >= 11 is 7.36. The van der Waals surface area contributed by atoms with Gasteiger partial charge in [0.1, 0.15) is 10.0 Å². The smallest absolute Gasteiger partial charge is 0.138 e. The van der Waals surface area contributed by atoms with E-state index in [0.717, 1.165) is 29.2 Å². The molecule has 1 N–H and O–H groups in total. The average molecular weight is 273 g/mol. The lowest BCUT2D eigenvalue weighted by molar-refractivity contribution is 0.228. The van der Waals surface area contributed by atoms with E-state index in [1.165, 1.54) is 43.8 Å². The summed E-state index contributed by atoms with van der Waals surface area (Å²) in [6, 6.07) is 1.40. The Balaban J connectivity index is 1.61. The van der Waals surface area contributed by atoms with Crippen LogP contribution in [0.5, 0.6) is 0 Å². The molecular formula is C11H17ClN4S. The molecule has 1 unspecified atom stereocenters. The second kappa shape index (κ2) is 5.18. The van der Waals surface area contributed by atoms with Crippen LogP contribution < -0.4 is 5.32 Å². The molecule has 1 aromatic rings. The van der Waals surface area contributed by atoms with Crippen molar-refractivity contribution in [2.75, 3.05) is 13.1 Å². The minimum absolute atomic E-state index is 0.654. The van der Waals surface area contributed by atoms with Crippen molar-refractivity contribution < 1.29 is 0 Å². The molecule has 17 heavy (non-hydrogen) atoms. The number of aromatic nitrogens is 2. The Labute approximate surface area is 111 Å². The Morgan fingerprint density at radius 1 is 1.41 bits per heavy atom. The fraction of sp³-hybridized carbons (Fsp3) is 0.818. The van der Waals surface area contributed by atoms with Crippen LogP contribution in [-0.4, -0.2) is 39.7 Å². The molecule has 2 fully saturated rings. The van der Waals surface area contributed by atoms with E-state index in [1.807, 2.05) is 0 Å². The fourth-order valence-corrected chi connectivity index (χ4v) is 3.07. The van der Waals surface area contributed by atoms with Crippen LogP contribution in [0, 0.1) is 0 Å². The van der Waals surface area contributed by atoms with E-state index in [2.05, 4.69) is 19.8 Å². The lowest BCUT2D eigenvalue weighted by atomic mass is 10.2. The van der Waals surface area contributed by atoms with Crippen molar-refractivity contribution in [1.82, 2.24) is 19.8 Å². The van der Waals surface area contributed by atoms with Gasteiger partial charge in [-0.05, 0) is 32.2 Å². The third kappa shape index (κ3) is 2.96. The molecule has 6 heteroatoms. The van der Waals surface area contributed by atoms with E-state index < -0.39 is 0 Å². The van der Waals surface area contributed by atoms with E-state index in [4.69, 9.17) is 11.6 Å². The first kappa shape index (κ1) is 11.8. The maximum absolute atomic E-state index is 6.08. The molecule has 1 aliphatic heterocycles. The standard InChI is InChI=1S/C11H17ClN4S/c12-11-10(14-15-17-11)7-16(9-3-4-9)6-8-2-1-5-13-8/h8-9,13H,1-7H2. The monoisotopic (exact) mass is 272 g/mol. The second-order valence-electron chi connectivity index (χ2n) is 4.95. The Kier molecular flexibility index (Phi) is 3.61. The van der Waals surface area contributed by atoms with E-state index in [1.54, 1.807) is 0 Å². The van der Waals surface area contributed by atoms with Gasteiger partial charge in [-0.15, -0.1) is 5.10 Å². The first-order valence-corrected chi connectivity index (χ1v) is 7.42. The van der Waals surface area contributed by atoms with Crippen molar-refractivity contribution in [2.24, 2.45) is 0 Å². The summed E-state index contributed by atoms with van der Waals surface area (Å²) in [6.07, 6.45) is 5.25. The summed E-state index contributed by atoms with van der Waals surface area (Å²) in [5, 5.41) is 7.67. The number of hydrogen-bond donors (Lipinski definition) is 1. The normalized spacial score (nSPS) is 24.7. The maximum atomic E-state index is 6.08. The Hall–Kier alpha value is -0.230. The molecule has 2 heterocycles. The molecule has 0 spiro atoms. The first-order valence-electron chi connectivity index (χ1n) is 6.27. The lowest BCUT2D eigenvalue weighted by Gasteiger charge is -2.24. The largest absolute Gasteiger partial charge is 0.313 e. The molecule has 4 nitrogen and oxygen atoms in total. The number of hydrogen-bond acceptors (Lipinski definition) is 5. The highest BCUT2D eigenvalue weighted by Crippen LogP contribution is 2.30. The Morgan fingerprint density at radius 2 is 2.29 bits per heavy atom. The van der Waals surface area contributed by atoms with Gasteiger partial charge in [-0.3, -0.25) is 4.90 Å². The molecule has 0 aromatic carbocycles. The summed E-state index contributed by atoms with van der Waals surface area (Å²) < 4.78 is 4.65. The van der Waals surface area contributed by atoms with Gasteiger partial charge in [-0.25, -0.2) is 0 Å². The maximum Gasteiger partial charge on any atom is 0.138 e. The molecule has 1 aliphatic carbocycles. The van der Waals surface area contributed by atoms with Crippen LogP contribution in [0.1, 0.15) is 31.4 Å². The average Bonchev–Trinajstić information content (AvgIpc) is 2.91. The predicted octanol–water partition coefficient (Wildman–Crippen LogP) is 1.91. The van der Waals surface area contributed by atoms with Crippen LogP contribution in [0.15, 0.2) is 0 Å². The van der Waals surface area contributed by atoms with E-state index in [0.29, 0.717) is 6.04 Å². The Bertz CT molecular complexity index is 373. The van der Waals surface area contributed by atoms with Gasteiger partial charge >= 0.3 is 0 Å². The number of halogens is 1. The minimum Gasteiger partial charge on any atom is -0.313 e. The molecule has 1 saturated heterocycles. The van der Waals surface area contributed by atoms with Crippen molar-refractivity contribution in [3.05, 3.63) is 10.0 Å².